The van der Waals surface area contributed by atoms with Crippen molar-refractivity contribution in [3.05, 3.63) is 118 Å². The van der Waals surface area contributed by atoms with Gasteiger partial charge in [0.15, 0.2) is 11.6 Å². The molecule has 2 aromatic carbocycles. The summed E-state index contributed by atoms with van der Waals surface area (Å²) in [6, 6.07) is 14.0. The molecule has 270 valence electrons. The Hall–Kier alpha value is -5.60. The van der Waals surface area contributed by atoms with E-state index in [4.69, 9.17) is 4.74 Å². The van der Waals surface area contributed by atoms with Crippen molar-refractivity contribution in [1.29, 1.82) is 0 Å². The molecule has 3 amide bonds. The third-order valence-electron chi connectivity index (χ3n) is 10.0. The van der Waals surface area contributed by atoms with Crippen LogP contribution in [-0.4, -0.2) is 60.5 Å². The van der Waals surface area contributed by atoms with Crippen molar-refractivity contribution in [2.75, 3.05) is 53.3 Å². The third kappa shape index (κ3) is 6.64. The summed E-state index contributed by atoms with van der Waals surface area (Å²) in [7, 11) is 0. The fourth-order valence-corrected chi connectivity index (χ4v) is 8.35. The van der Waals surface area contributed by atoms with Gasteiger partial charge in [0.05, 0.1) is 28.5 Å². The molecule has 14 heteroatoms. The number of nitrogens with zero attached hydrogens (tertiary/aromatic N) is 4. The summed E-state index contributed by atoms with van der Waals surface area (Å²) in [6.45, 7) is 5.21. The van der Waals surface area contributed by atoms with Gasteiger partial charge < -0.3 is 25.2 Å². The maximum atomic E-state index is 14.7. The van der Waals surface area contributed by atoms with E-state index in [1.807, 2.05) is 13.0 Å². The van der Waals surface area contributed by atoms with E-state index in [2.05, 4.69) is 25.5 Å². The Kier molecular flexibility index (Phi) is 8.95. The number of ether oxygens (including phenoxy) is 1. The zero-order valence-electron chi connectivity index (χ0n) is 28.5. The number of anilines is 4. The highest BCUT2D eigenvalue weighted by Crippen LogP contribution is 2.44. The second-order valence-electron chi connectivity index (χ2n) is 13.6. The smallest absolute Gasteiger partial charge is 0.265 e. The first-order valence-corrected chi connectivity index (χ1v) is 17.9. The van der Waals surface area contributed by atoms with Crippen LogP contribution in [0.2, 0.25) is 0 Å². The van der Waals surface area contributed by atoms with Crippen LogP contribution in [0.25, 0.3) is 10.4 Å². The molecule has 3 aliphatic heterocycles. The van der Waals surface area contributed by atoms with Gasteiger partial charge >= 0.3 is 0 Å². The minimum Gasteiger partial charge on any atom is -0.381 e. The van der Waals surface area contributed by atoms with Crippen LogP contribution < -0.4 is 20.4 Å². The van der Waals surface area contributed by atoms with E-state index in [1.54, 1.807) is 42.6 Å². The first-order valence-electron chi connectivity index (χ1n) is 17.1. The summed E-state index contributed by atoms with van der Waals surface area (Å²) in [6.07, 6.45) is 5.68. The fraction of sp³-hybridized carbons (Fsp3) is 0.256. The fourth-order valence-electron chi connectivity index (χ4n) is 7.21. The van der Waals surface area contributed by atoms with E-state index in [0.717, 1.165) is 74.0 Å². The van der Waals surface area contributed by atoms with Gasteiger partial charge in [0, 0.05) is 66.2 Å². The number of aryl methyl sites for hydroxylation is 1. The molecule has 0 atom stereocenters. The molecule has 10 nitrogen and oxygen atoms in total. The number of hydrogen-bond acceptors (Lipinski definition) is 8. The van der Waals surface area contributed by atoms with Crippen LogP contribution in [0, 0.1) is 29.8 Å². The molecular formula is C39H33F3N6O4S. The quantitative estimate of drug-likeness (QED) is 0.189. The summed E-state index contributed by atoms with van der Waals surface area (Å²) in [4.78, 5) is 53.1. The summed E-state index contributed by atoms with van der Waals surface area (Å²) in [5, 5.41) is 5.22. The number of hydrogen-bond donors (Lipinski definition) is 2. The molecule has 5 aromatic rings. The lowest BCUT2D eigenvalue weighted by atomic mass is 9.73. The van der Waals surface area contributed by atoms with E-state index in [1.165, 1.54) is 17.0 Å². The van der Waals surface area contributed by atoms with E-state index in [0.29, 0.717) is 45.2 Å². The van der Waals surface area contributed by atoms with Gasteiger partial charge in [-0.1, -0.05) is 0 Å². The van der Waals surface area contributed by atoms with Gasteiger partial charge in [-0.05, 0) is 91.9 Å². The minimum absolute atomic E-state index is 0.167. The molecule has 0 aliphatic carbocycles. The highest BCUT2D eigenvalue weighted by Gasteiger charge is 2.45. The van der Waals surface area contributed by atoms with Crippen LogP contribution in [0.5, 0.6) is 0 Å². The van der Waals surface area contributed by atoms with Crippen molar-refractivity contribution >= 4 is 51.9 Å². The number of thiophene rings is 1. The Balaban J connectivity index is 0.991. The monoisotopic (exact) mass is 738 g/mol. The average Bonchev–Trinajstić information content (AvgIpc) is 3.51. The van der Waals surface area contributed by atoms with E-state index < -0.39 is 29.0 Å². The first kappa shape index (κ1) is 34.5. The predicted octanol–water partition coefficient (Wildman–Crippen LogP) is 7.26. The lowest BCUT2D eigenvalue weighted by Crippen LogP contribution is -2.59. The minimum atomic E-state index is -1.01. The van der Waals surface area contributed by atoms with Crippen LogP contribution >= 0.6 is 11.3 Å². The molecule has 0 radical (unpaired) electrons. The number of amides is 3. The average molecular weight is 739 g/mol. The molecule has 3 aliphatic rings. The van der Waals surface area contributed by atoms with Crippen molar-refractivity contribution in [2.24, 2.45) is 5.41 Å². The van der Waals surface area contributed by atoms with E-state index in [-0.39, 0.29) is 28.7 Å². The normalized spacial score (nSPS) is 15.9. The maximum absolute atomic E-state index is 14.7. The number of aromatic nitrogens is 2. The van der Waals surface area contributed by atoms with Gasteiger partial charge in [0.1, 0.15) is 17.3 Å². The van der Waals surface area contributed by atoms with Crippen LogP contribution in [0.15, 0.2) is 73.2 Å². The highest BCUT2D eigenvalue weighted by molar-refractivity contribution is 7.17. The van der Waals surface area contributed by atoms with Crippen molar-refractivity contribution in [3.63, 3.8) is 0 Å². The van der Waals surface area contributed by atoms with Crippen LogP contribution in [0.3, 0.4) is 0 Å². The van der Waals surface area contributed by atoms with E-state index in [9.17, 15) is 27.6 Å². The Morgan fingerprint density at radius 2 is 1.62 bits per heavy atom. The standard InChI is InChI=1S/C39H33F3N6O4S/c1-22-14-28(35(44-17-22)47-20-39(21-47)9-12-52-13-10-39)36(49)45-26-5-2-23(3-6-26)38(51)48-11-8-24-15-32(37(50)46-33-29(41)18-43-19-30(33)42)53-34(24)27-7-4-25(40)16-31(27)48/h2-7,14-19H,8-13,20-21H2,1H3,(H,45,49)(H,43,46,50). The number of rotatable bonds is 6. The van der Waals surface area contributed by atoms with Crippen LogP contribution in [0.4, 0.5) is 36.1 Å². The number of carbonyl (C=O) groups is 3. The molecule has 0 saturated carbocycles. The zero-order chi connectivity index (χ0) is 36.9. The molecule has 3 aromatic heterocycles. The number of benzene rings is 2. The summed E-state index contributed by atoms with van der Waals surface area (Å²) in [5.74, 6) is -3.33. The molecular weight excluding hydrogens is 706 g/mol. The molecule has 0 unspecified atom stereocenters. The number of pyridine rings is 2. The molecule has 8 rings (SSSR count). The van der Waals surface area contributed by atoms with Gasteiger partial charge in [0.2, 0.25) is 0 Å². The Bertz CT molecular complexity index is 2250. The van der Waals surface area contributed by atoms with Gasteiger partial charge in [-0.2, -0.15) is 0 Å². The lowest BCUT2D eigenvalue weighted by molar-refractivity contribution is -0.000511. The third-order valence-corrected chi connectivity index (χ3v) is 11.2. The number of halogens is 3. The molecule has 1 spiro atoms. The van der Waals surface area contributed by atoms with Crippen molar-refractivity contribution < 1.29 is 32.3 Å². The van der Waals surface area contributed by atoms with Crippen LogP contribution in [-0.2, 0) is 11.2 Å². The topological polar surface area (TPSA) is 117 Å². The Morgan fingerprint density at radius 3 is 2.36 bits per heavy atom. The molecule has 2 saturated heterocycles. The SMILES string of the molecule is Cc1cnc(N2CC3(CCOCC3)C2)c(C(=O)Nc2ccc(C(=O)N3CCc4cc(C(=O)Nc5c(F)cncc5F)sc4-c4ccc(F)cc43)cc2)c1. The van der Waals surface area contributed by atoms with Gasteiger partial charge in [-0.3, -0.25) is 19.4 Å². The maximum Gasteiger partial charge on any atom is 0.265 e. The first-order chi connectivity index (χ1) is 25.6. The van der Waals surface area contributed by atoms with Gasteiger partial charge in [0.25, 0.3) is 17.7 Å². The van der Waals surface area contributed by atoms with Crippen LogP contribution in [0.1, 0.15) is 54.4 Å². The molecule has 53 heavy (non-hydrogen) atoms. The highest BCUT2D eigenvalue weighted by atomic mass is 32.1. The predicted molar refractivity (Wildman–Crippen MR) is 195 cm³/mol. The second kappa shape index (κ2) is 13.7. The molecule has 6 heterocycles. The number of nitrogens with one attached hydrogen (secondary N) is 2. The van der Waals surface area contributed by atoms with Gasteiger partial charge in [-0.25, -0.2) is 18.2 Å². The summed E-state index contributed by atoms with van der Waals surface area (Å²) >= 11 is 1.08. The Labute approximate surface area is 306 Å². The van der Waals surface area contributed by atoms with Crippen molar-refractivity contribution in [1.82, 2.24) is 9.97 Å². The van der Waals surface area contributed by atoms with Gasteiger partial charge in [-0.15, -0.1) is 11.3 Å². The molecule has 2 N–H and O–H groups in total. The Morgan fingerprint density at radius 1 is 0.887 bits per heavy atom. The van der Waals surface area contributed by atoms with Crippen molar-refractivity contribution in [3.8, 4) is 10.4 Å². The molecule has 0 bridgehead atoms. The zero-order valence-corrected chi connectivity index (χ0v) is 29.4. The second-order valence-corrected chi connectivity index (χ2v) is 14.7. The van der Waals surface area contributed by atoms with E-state index >= 15 is 0 Å². The largest absolute Gasteiger partial charge is 0.381 e. The number of fused-ring (bicyclic) bond motifs is 3. The number of carbonyl (C=O) groups excluding carboxylic acids is 3. The summed E-state index contributed by atoms with van der Waals surface area (Å²) in [5.41, 5.74) is 3.33. The lowest BCUT2D eigenvalue weighted by Gasteiger charge is -2.53. The van der Waals surface area contributed by atoms with Crippen molar-refractivity contribution in [2.45, 2.75) is 26.2 Å². The molecule has 2 fully saturated rings. The summed E-state index contributed by atoms with van der Waals surface area (Å²) < 4.78 is 48.6.